The monoisotopic (exact) mass is 233 g/mol. The van der Waals surface area contributed by atoms with Gasteiger partial charge in [-0.3, -0.25) is 0 Å². The molecule has 1 saturated carbocycles. The van der Waals surface area contributed by atoms with E-state index in [0.29, 0.717) is 0 Å². The van der Waals surface area contributed by atoms with Crippen LogP contribution >= 0.6 is 11.3 Å². The average molecular weight is 233 g/mol. The molecule has 0 bridgehead atoms. The molecule has 1 aliphatic carbocycles. The molecule has 0 spiro atoms. The Morgan fingerprint density at radius 3 is 2.94 bits per heavy atom. The second-order valence-corrected chi connectivity index (χ2v) is 5.70. The van der Waals surface area contributed by atoms with Gasteiger partial charge in [-0.05, 0) is 31.7 Å². The van der Waals surface area contributed by atoms with Crippen molar-refractivity contribution in [2.24, 2.45) is 5.92 Å². The quantitative estimate of drug-likeness (QED) is 0.885. The third kappa shape index (κ3) is 1.78. The Morgan fingerprint density at radius 1 is 1.44 bits per heavy atom. The zero-order chi connectivity index (χ0) is 11.1. The lowest BCUT2D eigenvalue weighted by Gasteiger charge is -2.04. The molecule has 3 rings (SSSR count). The fraction of sp³-hybridized carbons (Fsp3) is 0.500. The maximum atomic E-state index is 4.65. The molecule has 1 N–H and O–H groups in total. The highest BCUT2D eigenvalue weighted by Gasteiger charge is 2.23. The zero-order valence-electron chi connectivity index (χ0n) is 9.58. The molecule has 0 radical (unpaired) electrons. The topological polar surface area (TPSA) is 37.8 Å². The number of aryl methyl sites for hydroxylation is 1. The molecule has 84 valence electrons. The molecule has 0 unspecified atom stereocenters. The van der Waals surface area contributed by atoms with Crippen LogP contribution in [-0.4, -0.2) is 17.0 Å². The van der Waals surface area contributed by atoms with E-state index in [4.69, 9.17) is 0 Å². The first-order valence-electron chi connectivity index (χ1n) is 5.71. The average Bonchev–Trinajstić information content (AvgIpc) is 2.97. The van der Waals surface area contributed by atoms with Crippen LogP contribution in [0.15, 0.2) is 6.07 Å². The highest BCUT2D eigenvalue weighted by atomic mass is 32.1. The SMILES string of the molecule is CNc1nc(CC2CC2)nc2sc(C)cc12. The smallest absolute Gasteiger partial charge is 0.138 e. The number of rotatable bonds is 3. The van der Waals surface area contributed by atoms with Crippen LogP contribution in [0.25, 0.3) is 10.2 Å². The van der Waals surface area contributed by atoms with Crippen molar-refractivity contribution in [1.82, 2.24) is 9.97 Å². The summed E-state index contributed by atoms with van der Waals surface area (Å²) in [6, 6.07) is 2.16. The van der Waals surface area contributed by atoms with Gasteiger partial charge < -0.3 is 5.32 Å². The van der Waals surface area contributed by atoms with Crippen molar-refractivity contribution in [3.63, 3.8) is 0 Å². The number of hydrogen-bond donors (Lipinski definition) is 1. The maximum Gasteiger partial charge on any atom is 0.138 e. The van der Waals surface area contributed by atoms with Gasteiger partial charge in [-0.15, -0.1) is 11.3 Å². The fourth-order valence-electron chi connectivity index (χ4n) is 1.95. The van der Waals surface area contributed by atoms with E-state index in [1.807, 2.05) is 7.05 Å². The first kappa shape index (κ1) is 10.0. The van der Waals surface area contributed by atoms with Gasteiger partial charge in [-0.25, -0.2) is 9.97 Å². The number of thiophene rings is 1. The van der Waals surface area contributed by atoms with Crippen LogP contribution in [0.1, 0.15) is 23.5 Å². The molecular weight excluding hydrogens is 218 g/mol. The van der Waals surface area contributed by atoms with E-state index < -0.39 is 0 Å². The molecule has 0 atom stereocenters. The van der Waals surface area contributed by atoms with Gasteiger partial charge in [0.05, 0.1) is 5.39 Å². The number of hydrogen-bond acceptors (Lipinski definition) is 4. The van der Waals surface area contributed by atoms with Crippen molar-refractivity contribution in [2.45, 2.75) is 26.2 Å². The highest BCUT2D eigenvalue weighted by Crippen LogP contribution is 2.34. The van der Waals surface area contributed by atoms with Gasteiger partial charge in [0.1, 0.15) is 16.5 Å². The molecule has 4 heteroatoms. The summed E-state index contributed by atoms with van der Waals surface area (Å²) in [4.78, 5) is 11.7. The molecular formula is C12H15N3S. The summed E-state index contributed by atoms with van der Waals surface area (Å²) in [5.41, 5.74) is 0. The Labute approximate surface area is 98.9 Å². The van der Waals surface area contributed by atoms with Crippen LogP contribution < -0.4 is 5.32 Å². The number of nitrogens with zero attached hydrogens (tertiary/aromatic N) is 2. The van der Waals surface area contributed by atoms with Gasteiger partial charge in [-0.1, -0.05) is 0 Å². The number of nitrogens with one attached hydrogen (secondary N) is 1. The fourth-order valence-corrected chi connectivity index (χ4v) is 2.85. The Bertz CT molecular complexity index is 528. The highest BCUT2D eigenvalue weighted by molar-refractivity contribution is 7.18. The minimum absolute atomic E-state index is 0.836. The summed E-state index contributed by atoms with van der Waals surface area (Å²) >= 11 is 1.75. The third-order valence-electron chi connectivity index (χ3n) is 2.97. The summed E-state index contributed by atoms with van der Waals surface area (Å²) < 4.78 is 0. The van der Waals surface area contributed by atoms with Crippen molar-refractivity contribution >= 4 is 27.4 Å². The summed E-state index contributed by atoms with van der Waals surface area (Å²) in [7, 11) is 1.93. The van der Waals surface area contributed by atoms with Crippen LogP contribution in [0.3, 0.4) is 0 Å². The van der Waals surface area contributed by atoms with Crippen molar-refractivity contribution in [2.75, 3.05) is 12.4 Å². The second-order valence-electron chi connectivity index (χ2n) is 4.46. The summed E-state index contributed by atoms with van der Waals surface area (Å²) in [5.74, 6) is 2.81. The molecule has 0 amide bonds. The van der Waals surface area contributed by atoms with Crippen molar-refractivity contribution in [3.05, 3.63) is 16.8 Å². The lowest BCUT2D eigenvalue weighted by molar-refractivity contribution is 0.778. The van der Waals surface area contributed by atoms with E-state index in [1.54, 1.807) is 11.3 Å². The van der Waals surface area contributed by atoms with E-state index in [0.717, 1.165) is 34.2 Å². The van der Waals surface area contributed by atoms with E-state index in [2.05, 4.69) is 28.3 Å². The summed E-state index contributed by atoms with van der Waals surface area (Å²) in [6.45, 7) is 2.12. The first-order valence-corrected chi connectivity index (χ1v) is 6.52. The molecule has 0 saturated heterocycles. The summed E-state index contributed by atoms with van der Waals surface area (Å²) in [5, 5.41) is 4.33. The molecule has 0 aromatic carbocycles. The van der Waals surface area contributed by atoms with Gasteiger partial charge in [0, 0.05) is 18.3 Å². The molecule has 1 fully saturated rings. The van der Waals surface area contributed by atoms with Crippen molar-refractivity contribution in [3.8, 4) is 0 Å². The van der Waals surface area contributed by atoms with Gasteiger partial charge in [0.15, 0.2) is 0 Å². The largest absolute Gasteiger partial charge is 0.372 e. The lowest BCUT2D eigenvalue weighted by Crippen LogP contribution is -2.01. The molecule has 2 heterocycles. The van der Waals surface area contributed by atoms with E-state index in [-0.39, 0.29) is 0 Å². The van der Waals surface area contributed by atoms with Crippen LogP contribution in [0.2, 0.25) is 0 Å². The normalized spacial score (nSPS) is 15.6. The molecule has 1 aliphatic rings. The minimum atomic E-state index is 0.836. The zero-order valence-corrected chi connectivity index (χ0v) is 10.4. The Balaban J connectivity index is 2.08. The van der Waals surface area contributed by atoms with Gasteiger partial charge >= 0.3 is 0 Å². The van der Waals surface area contributed by atoms with Crippen molar-refractivity contribution < 1.29 is 0 Å². The summed E-state index contributed by atoms with van der Waals surface area (Å²) in [6.07, 6.45) is 3.74. The number of fused-ring (bicyclic) bond motifs is 1. The lowest BCUT2D eigenvalue weighted by atomic mass is 10.2. The van der Waals surface area contributed by atoms with Gasteiger partial charge in [-0.2, -0.15) is 0 Å². The van der Waals surface area contributed by atoms with Gasteiger partial charge in [0.25, 0.3) is 0 Å². The Morgan fingerprint density at radius 2 is 2.25 bits per heavy atom. The van der Waals surface area contributed by atoms with E-state index >= 15 is 0 Å². The molecule has 3 nitrogen and oxygen atoms in total. The minimum Gasteiger partial charge on any atom is -0.372 e. The van der Waals surface area contributed by atoms with E-state index in [9.17, 15) is 0 Å². The predicted molar refractivity (Wildman–Crippen MR) is 68.1 cm³/mol. The van der Waals surface area contributed by atoms with Crippen LogP contribution in [0.5, 0.6) is 0 Å². The molecule has 0 aliphatic heterocycles. The molecule has 2 aromatic heterocycles. The standard InChI is InChI=1S/C12H15N3S/c1-7-5-9-11(13-2)14-10(6-8-3-4-8)15-12(9)16-7/h5,8H,3-4,6H2,1-2H3,(H,13,14,15). The number of aromatic nitrogens is 2. The van der Waals surface area contributed by atoms with E-state index in [1.165, 1.54) is 17.7 Å². The Hall–Kier alpha value is -1.16. The van der Waals surface area contributed by atoms with Gasteiger partial charge in [0.2, 0.25) is 0 Å². The Kier molecular flexibility index (Phi) is 2.32. The first-order chi connectivity index (χ1) is 7.76. The second kappa shape index (κ2) is 3.70. The molecule has 16 heavy (non-hydrogen) atoms. The van der Waals surface area contributed by atoms with Crippen LogP contribution in [0.4, 0.5) is 5.82 Å². The third-order valence-corrected chi connectivity index (χ3v) is 3.91. The van der Waals surface area contributed by atoms with Crippen LogP contribution in [0, 0.1) is 12.8 Å². The van der Waals surface area contributed by atoms with Crippen molar-refractivity contribution in [1.29, 1.82) is 0 Å². The number of anilines is 1. The van der Waals surface area contributed by atoms with Crippen LogP contribution in [-0.2, 0) is 6.42 Å². The predicted octanol–water partition coefficient (Wildman–Crippen LogP) is 2.99. The molecule has 2 aromatic rings. The maximum absolute atomic E-state index is 4.65.